The smallest absolute Gasteiger partial charge is 0.411 e. The molecule has 18 heavy (non-hydrogen) atoms. The van der Waals surface area contributed by atoms with Gasteiger partial charge in [-0.05, 0) is 24.6 Å². The number of benzene rings is 1. The Morgan fingerprint density at radius 2 is 1.94 bits per heavy atom. The fraction of sp³-hybridized carbons (Fsp3) is 0.333. The molecule has 0 saturated heterocycles. The molecule has 6 nitrogen and oxygen atoms in total. The molecule has 3 N–H and O–H groups in total. The molecule has 1 rings (SSSR count). The van der Waals surface area contributed by atoms with Crippen LogP contribution in [0.25, 0.3) is 0 Å². The van der Waals surface area contributed by atoms with Gasteiger partial charge in [-0.3, -0.25) is 10.1 Å². The first-order chi connectivity index (χ1) is 8.65. The van der Waals surface area contributed by atoms with Crippen LogP contribution in [0.1, 0.15) is 13.3 Å². The third-order valence-corrected chi connectivity index (χ3v) is 1.97. The molecule has 1 aromatic rings. The van der Waals surface area contributed by atoms with Gasteiger partial charge < -0.3 is 15.2 Å². The number of hydrogen-bond acceptors (Lipinski definition) is 4. The average Bonchev–Trinajstić information content (AvgIpc) is 2.36. The third-order valence-electron chi connectivity index (χ3n) is 1.97. The minimum absolute atomic E-state index is 0.354. The van der Waals surface area contributed by atoms with E-state index in [1.54, 1.807) is 24.3 Å². The van der Waals surface area contributed by atoms with Crippen molar-refractivity contribution in [2.45, 2.75) is 13.3 Å². The van der Waals surface area contributed by atoms with Crippen LogP contribution >= 0.6 is 0 Å². The molecule has 0 spiro atoms. The van der Waals surface area contributed by atoms with Gasteiger partial charge in [-0.25, -0.2) is 4.79 Å². The Morgan fingerprint density at radius 1 is 1.28 bits per heavy atom. The van der Waals surface area contributed by atoms with Crippen LogP contribution in [0.4, 0.5) is 16.2 Å². The lowest BCUT2D eigenvalue weighted by Gasteiger charge is -2.08. The van der Waals surface area contributed by atoms with Crippen LogP contribution in [-0.4, -0.2) is 30.3 Å². The number of ether oxygens (including phenoxy) is 1. The fourth-order valence-electron chi connectivity index (χ4n) is 1.22. The van der Waals surface area contributed by atoms with E-state index in [-0.39, 0.29) is 0 Å². The molecule has 0 aliphatic rings. The second kappa shape index (κ2) is 7.29. The standard InChI is InChI=1S/C12H16N2O4/c1-2-6-18-12(17)14-10-5-3-4-9(7-10)13-11(16)8-15/h3-5,7,15H,2,6,8H2,1H3,(H,13,16)(H,14,17). The quantitative estimate of drug-likeness (QED) is 0.742. The Kier molecular flexibility index (Phi) is 5.66. The largest absolute Gasteiger partial charge is 0.449 e. The Morgan fingerprint density at radius 3 is 2.56 bits per heavy atom. The van der Waals surface area contributed by atoms with Crippen molar-refractivity contribution >= 4 is 23.4 Å². The van der Waals surface area contributed by atoms with Crippen LogP contribution in [-0.2, 0) is 9.53 Å². The molecule has 1 aromatic carbocycles. The molecule has 98 valence electrons. The number of aliphatic hydroxyl groups excluding tert-OH is 1. The maximum absolute atomic E-state index is 11.3. The molecule has 0 radical (unpaired) electrons. The summed E-state index contributed by atoms with van der Waals surface area (Å²) in [5.41, 5.74) is 0.995. The van der Waals surface area contributed by atoms with Gasteiger partial charge in [0.2, 0.25) is 5.91 Å². The highest BCUT2D eigenvalue weighted by atomic mass is 16.5. The molecule has 0 aliphatic carbocycles. The fourth-order valence-corrected chi connectivity index (χ4v) is 1.22. The van der Waals surface area contributed by atoms with E-state index >= 15 is 0 Å². The number of aliphatic hydroxyl groups is 1. The summed E-state index contributed by atoms with van der Waals surface area (Å²) >= 11 is 0. The first-order valence-electron chi connectivity index (χ1n) is 5.60. The second-order valence-corrected chi connectivity index (χ2v) is 3.55. The van der Waals surface area contributed by atoms with E-state index in [0.717, 1.165) is 6.42 Å². The summed E-state index contributed by atoms with van der Waals surface area (Å²) < 4.78 is 4.86. The zero-order valence-corrected chi connectivity index (χ0v) is 10.1. The highest BCUT2D eigenvalue weighted by Gasteiger charge is 2.04. The number of rotatable bonds is 5. The summed E-state index contributed by atoms with van der Waals surface area (Å²) in [4.78, 5) is 22.3. The van der Waals surface area contributed by atoms with E-state index in [1.807, 2.05) is 6.92 Å². The first-order valence-corrected chi connectivity index (χ1v) is 5.60. The lowest BCUT2D eigenvalue weighted by Crippen LogP contribution is -2.16. The van der Waals surface area contributed by atoms with Crippen LogP contribution < -0.4 is 10.6 Å². The van der Waals surface area contributed by atoms with Gasteiger partial charge in [0.25, 0.3) is 0 Å². The predicted octanol–water partition coefficient (Wildman–Crippen LogP) is 1.58. The molecule has 0 bridgehead atoms. The van der Waals surface area contributed by atoms with E-state index in [4.69, 9.17) is 9.84 Å². The van der Waals surface area contributed by atoms with Crippen molar-refractivity contribution in [3.05, 3.63) is 24.3 Å². The molecule has 2 amide bonds. The van der Waals surface area contributed by atoms with Crippen LogP contribution in [0.15, 0.2) is 24.3 Å². The normalized spacial score (nSPS) is 9.67. The van der Waals surface area contributed by atoms with Gasteiger partial charge in [0.05, 0.1) is 6.61 Å². The minimum Gasteiger partial charge on any atom is -0.449 e. The number of hydrogen-bond donors (Lipinski definition) is 3. The van der Waals surface area contributed by atoms with E-state index in [0.29, 0.717) is 18.0 Å². The molecule has 0 saturated carbocycles. The summed E-state index contributed by atoms with van der Waals surface area (Å²) in [6, 6.07) is 6.56. The van der Waals surface area contributed by atoms with Crippen molar-refractivity contribution in [2.75, 3.05) is 23.8 Å². The summed E-state index contributed by atoms with van der Waals surface area (Å²) in [6.45, 7) is 1.67. The van der Waals surface area contributed by atoms with Crippen LogP contribution in [0.2, 0.25) is 0 Å². The summed E-state index contributed by atoms with van der Waals surface area (Å²) in [7, 11) is 0. The van der Waals surface area contributed by atoms with Crippen LogP contribution in [0.3, 0.4) is 0 Å². The molecule has 0 aromatic heterocycles. The number of nitrogens with one attached hydrogen (secondary N) is 2. The number of anilines is 2. The van der Waals surface area contributed by atoms with Crippen molar-refractivity contribution < 1.29 is 19.4 Å². The van der Waals surface area contributed by atoms with E-state index in [9.17, 15) is 9.59 Å². The van der Waals surface area contributed by atoms with E-state index in [2.05, 4.69) is 10.6 Å². The molecule has 6 heteroatoms. The van der Waals surface area contributed by atoms with Gasteiger partial charge >= 0.3 is 6.09 Å². The van der Waals surface area contributed by atoms with Gasteiger partial charge in [0.15, 0.2) is 0 Å². The lowest BCUT2D eigenvalue weighted by molar-refractivity contribution is -0.118. The topological polar surface area (TPSA) is 87.7 Å². The summed E-state index contributed by atoms with van der Waals surface area (Å²) in [6.07, 6.45) is 0.211. The molecular weight excluding hydrogens is 236 g/mol. The van der Waals surface area contributed by atoms with E-state index in [1.165, 1.54) is 0 Å². The zero-order chi connectivity index (χ0) is 13.4. The predicted molar refractivity (Wildman–Crippen MR) is 67.4 cm³/mol. The molecule has 0 heterocycles. The summed E-state index contributed by atoms with van der Waals surface area (Å²) in [5.74, 6) is -0.513. The Hall–Kier alpha value is -2.08. The van der Waals surface area contributed by atoms with Crippen molar-refractivity contribution in [3.63, 3.8) is 0 Å². The van der Waals surface area contributed by atoms with Gasteiger partial charge in [0.1, 0.15) is 6.61 Å². The van der Waals surface area contributed by atoms with Gasteiger partial charge in [-0.1, -0.05) is 13.0 Å². The maximum Gasteiger partial charge on any atom is 0.411 e. The maximum atomic E-state index is 11.3. The van der Waals surface area contributed by atoms with Crippen molar-refractivity contribution in [3.8, 4) is 0 Å². The molecule has 0 atom stereocenters. The molecular formula is C12H16N2O4. The molecule has 0 fully saturated rings. The number of carbonyl (C=O) groups is 2. The highest BCUT2D eigenvalue weighted by molar-refractivity contribution is 5.93. The Balaban J connectivity index is 2.59. The number of carbonyl (C=O) groups excluding carboxylic acids is 2. The van der Waals surface area contributed by atoms with Gasteiger partial charge in [0, 0.05) is 11.4 Å². The SMILES string of the molecule is CCCOC(=O)Nc1cccc(NC(=O)CO)c1. The lowest BCUT2D eigenvalue weighted by atomic mass is 10.3. The monoisotopic (exact) mass is 252 g/mol. The van der Waals surface area contributed by atoms with Crippen molar-refractivity contribution in [2.24, 2.45) is 0 Å². The van der Waals surface area contributed by atoms with Gasteiger partial charge in [-0.15, -0.1) is 0 Å². The van der Waals surface area contributed by atoms with Crippen LogP contribution in [0, 0.1) is 0 Å². The highest BCUT2D eigenvalue weighted by Crippen LogP contribution is 2.15. The van der Waals surface area contributed by atoms with Crippen molar-refractivity contribution in [1.82, 2.24) is 0 Å². The Bertz CT molecular complexity index is 420. The first kappa shape index (κ1) is 14.0. The molecule has 0 unspecified atom stereocenters. The average molecular weight is 252 g/mol. The Labute approximate surface area is 105 Å². The van der Waals surface area contributed by atoms with E-state index < -0.39 is 18.6 Å². The second-order valence-electron chi connectivity index (χ2n) is 3.55. The van der Waals surface area contributed by atoms with Crippen LogP contribution in [0.5, 0.6) is 0 Å². The number of amides is 2. The minimum atomic E-state index is -0.587. The summed E-state index contributed by atoms with van der Waals surface area (Å²) in [5, 5.41) is 13.6. The third kappa shape index (κ3) is 4.84. The van der Waals surface area contributed by atoms with Gasteiger partial charge in [-0.2, -0.15) is 0 Å². The molecule has 0 aliphatic heterocycles. The van der Waals surface area contributed by atoms with Crippen molar-refractivity contribution in [1.29, 1.82) is 0 Å². The zero-order valence-electron chi connectivity index (χ0n) is 10.1.